The molecule has 1 saturated heterocycles. The molecule has 4 aliphatic rings. The maximum absolute atomic E-state index is 6.54. The Labute approximate surface area is 156 Å². The molecule has 2 aromatic rings. The average molecular weight is 363 g/mol. The molecule has 7 nitrogen and oxygen atoms in total. The van der Waals surface area contributed by atoms with Crippen LogP contribution in [0.2, 0.25) is 0 Å². The van der Waals surface area contributed by atoms with Gasteiger partial charge in [0, 0.05) is 10.5 Å². The Morgan fingerprint density at radius 1 is 1.19 bits per heavy atom. The summed E-state index contributed by atoms with van der Waals surface area (Å²) in [5, 5.41) is 0. The fourth-order valence-corrected chi connectivity index (χ4v) is 4.80. The molecule has 0 radical (unpaired) electrons. The van der Waals surface area contributed by atoms with Gasteiger partial charge in [-0.15, -0.1) is 0 Å². The molecule has 2 atom stereocenters. The van der Waals surface area contributed by atoms with E-state index in [1.54, 1.807) is 12.4 Å². The van der Waals surface area contributed by atoms with Crippen molar-refractivity contribution in [1.82, 2.24) is 4.98 Å². The topological polar surface area (TPSA) is 93.1 Å². The van der Waals surface area contributed by atoms with Crippen molar-refractivity contribution in [3.8, 4) is 16.9 Å². The SMILES string of the molecule is NC1=NC2(CO1)c1cc(-c3cnc#[n+]c3)ccc1OC(C1CC1)C21COC1. The van der Waals surface area contributed by atoms with E-state index in [9.17, 15) is 0 Å². The fourth-order valence-electron chi connectivity index (χ4n) is 4.80. The zero-order valence-corrected chi connectivity index (χ0v) is 14.7. The molecule has 3 aliphatic heterocycles. The van der Waals surface area contributed by atoms with Gasteiger partial charge in [0.2, 0.25) is 6.20 Å². The summed E-state index contributed by atoms with van der Waals surface area (Å²) < 4.78 is 18.0. The van der Waals surface area contributed by atoms with Crippen LogP contribution in [0.25, 0.3) is 11.1 Å². The number of aromatic nitrogens is 2. The third kappa shape index (κ3) is 1.94. The third-order valence-corrected chi connectivity index (χ3v) is 6.40. The summed E-state index contributed by atoms with van der Waals surface area (Å²) in [6, 6.07) is 6.41. The summed E-state index contributed by atoms with van der Waals surface area (Å²) >= 11 is 0. The summed E-state index contributed by atoms with van der Waals surface area (Å²) in [6.07, 6.45) is 8.54. The lowest BCUT2D eigenvalue weighted by atomic mass is 9.59. The standard InChI is InChI=1S/C20H19N4O3/c21-18-24-20(10-26-18)15-5-13(14-6-22-11-23-7-14)3-4-16(15)27-17(12-1-2-12)19(20)8-25-9-19/h3-7,12,17H,1-2,8-10H2,(H2,21,24)/q+1. The first-order valence-corrected chi connectivity index (χ1v) is 9.27. The van der Waals surface area contributed by atoms with Gasteiger partial charge in [0.15, 0.2) is 6.20 Å². The van der Waals surface area contributed by atoms with Crippen LogP contribution in [0.3, 0.4) is 0 Å². The van der Waals surface area contributed by atoms with Crippen molar-refractivity contribution in [3.05, 3.63) is 42.5 Å². The Hall–Kier alpha value is -2.85. The zero-order valence-electron chi connectivity index (χ0n) is 14.7. The molecule has 1 aliphatic carbocycles. The summed E-state index contributed by atoms with van der Waals surface area (Å²) in [6.45, 7) is 1.65. The van der Waals surface area contributed by atoms with Gasteiger partial charge in [0.05, 0.1) is 24.2 Å². The minimum Gasteiger partial charge on any atom is -0.489 e. The Bertz CT molecular complexity index is 939. The first-order valence-electron chi connectivity index (χ1n) is 9.27. The third-order valence-electron chi connectivity index (χ3n) is 6.40. The van der Waals surface area contributed by atoms with Crippen molar-refractivity contribution < 1.29 is 19.2 Å². The molecule has 6 rings (SSSR count). The molecule has 7 heteroatoms. The summed E-state index contributed by atoms with van der Waals surface area (Å²) in [5.41, 5.74) is 8.13. The number of hydrogen-bond donors (Lipinski definition) is 1. The molecule has 27 heavy (non-hydrogen) atoms. The van der Waals surface area contributed by atoms with Gasteiger partial charge >= 0.3 is 6.33 Å². The first-order chi connectivity index (χ1) is 13.2. The fraction of sp³-hybridized carbons (Fsp3) is 0.450. The van der Waals surface area contributed by atoms with Gasteiger partial charge in [-0.25, -0.2) is 4.99 Å². The van der Waals surface area contributed by atoms with Gasteiger partial charge in [0.1, 0.15) is 24.0 Å². The lowest BCUT2D eigenvalue weighted by Crippen LogP contribution is -2.68. The van der Waals surface area contributed by atoms with Gasteiger partial charge in [-0.1, -0.05) is 6.07 Å². The smallest absolute Gasteiger partial charge is 0.428 e. The van der Waals surface area contributed by atoms with E-state index in [1.165, 1.54) is 12.8 Å². The maximum Gasteiger partial charge on any atom is 0.428 e. The van der Waals surface area contributed by atoms with Crippen LogP contribution in [0.15, 0.2) is 35.6 Å². The van der Waals surface area contributed by atoms with Crippen molar-refractivity contribution in [2.24, 2.45) is 22.1 Å². The van der Waals surface area contributed by atoms with Gasteiger partial charge in [-0.05, 0) is 36.5 Å². The van der Waals surface area contributed by atoms with Gasteiger partial charge in [-0.2, -0.15) is 4.98 Å². The number of hydrogen-bond acceptors (Lipinski definition) is 6. The summed E-state index contributed by atoms with van der Waals surface area (Å²) in [4.78, 5) is 12.9. The summed E-state index contributed by atoms with van der Waals surface area (Å²) in [5.74, 6) is 1.41. The number of amidine groups is 1. The molecular formula is C20H19N4O3+. The molecule has 1 aromatic heterocycles. The lowest BCUT2D eigenvalue weighted by molar-refractivity contribution is -0.296. The van der Waals surface area contributed by atoms with Crippen molar-refractivity contribution in [2.75, 3.05) is 19.8 Å². The minimum absolute atomic E-state index is 0.0810. The zero-order chi connectivity index (χ0) is 18.1. The minimum atomic E-state index is -0.575. The Morgan fingerprint density at radius 2 is 2.07 bits per heavy atom. The van der Waals surface area contributed by atoms with E-state index in [1.807, 2.05) is 12.1 Å². The van der Waals surface area contributed by atoms with Crippen LogP contribution in [0.1, 0.15) is 18.4 Å². The number of aliphatic imine (C=N–C) groups is 1. The molecule has 2 fully saturated rings. The van der Waals surface area contributed by atoms with Crippen LogP contribution in [0, 0.1) is 17.7 Å². The molecule has 4 heterocycles. The van der Waals surface area contributed by atoms with Crippen LogP contribution in [-0.2, 0) is 15.0 Å². The average Bonchev–Trinajstić information content (AvgIpc) is 3.44. The quantitative estimate of drug-likeness (QED) is 0.851. The molecule has 2 unspecified atom stereocenters. The van der Waals surface area contributed by atoms with E-state index in [-0.39, 0.29) is 17.5 Å². The highest BCUT2D eigenvalue weighted by Crippen LogP contribution is 2.62. The van der Waals surface area contributed by atoms with Crippen molar-refractivity contribution >= 4 is 6.02 Å². The van der Waals surface area contributed by atoms with Gasteiger partial charge in [0.25, 0.3) is 6.02 Å². The maximum atomic E-state index is 6.54. The van der Waals surface area contributed by atoms with E-state index in [4.69, 9.17) is 24.9 Å². The molecular weight excluding hydrogens is 344 g/mol. The molecule has 1 aromatic carbocycles. The first kappa shape index (κ1) is 15.2. The molecule has 0 amide bonds. The number of benzene rings is 1. The largest absolute Gasteiger partial charge is 0.489 e. The molecule has 2 N–H and O–H groups in total. The van der Waals surface area contributed by atoms with Crippen LogP contribution in [0.4, 0.5) is 0 Å². The van der Waals surface area contributed by atoms with Crippen LogP contribution in [-0.4, -0.2) is 36.9 Å². The van der Waals surface area contributed by atoms with E-state index >= 15 is 0 Å². The van der Waals surface area contributed by atoms with E-state index in [2.05, 4.69) is 22.4 Å². The number of nitrogens with two attached hydrogens (primary N) is 1. The highest BCUT2D eigenvalue weighted by molar-refractivity contribution is 5.76. The number of ether oxygens (including phenoxy) is 3. The van der Waals surface area contributed by atoms with E-state index < -0.39 is 5.54 Å². The van der Waals surface area contributed by atoms with E-state index in [0.717, 1.165) is 22.4 Å². The predicted octanol–water partition coefficient (Wildman–Crippen LogP) is 0.876. The monoisotopic (exact) mass is 363 g/mol. The normalized spacial score (nSPS) is 29.9. The number of nitrogens with zero attached hydrogens (tertiary/aromatic N) is 3. The number of rotatable bonds is 2. The van der Waals surface area contributed by atoms with Crippen molar-refractivity contribution in [2.45, 2.75) is 24.5 Å². The van der Waals surface area contributed by atoms with Gasteiger partial charge in [-0.3, -0.25) is 0 Å². The van der Waals surface area contributed by atoms with Gasteiger partial charge < -0.3 is 19.9 Å². The second-order valence-electron chi connectivity index (χ2n) is 7.91. The van der Waals surface area contributed by atoms with E-state index in [0.29, 0.717) is 25.7 Å². The lowest BCUT2D eigenvalue weighted by Gasteiger charge is -2.57. The Morgan fingerprint density at radius 3 is 2.70 bits per heavy atom. The van der Waals surface area contributed by atoms with Crippen LogP contribution < -0.4 is 15.5 Å². The Kier molecular flexibility index (Phi) is 2.88. The predicted molar refractivity (Wildman–Crippen MR) is 93.7 cm³/mol. The summed E-state index contributed by atoms with van der Waals surface area (Å²) in [7, 11) is 0. The second kappa shape index (κ2) is 5.11. The van der Waals surface area contributed by atoms with Crippen molar-refractivity contribution in [3.63, 3.8) is 0 Å². The van der Waals surface area contributed by atoms with Crippen molar-refractivity contribution in [1.29, 1.82) is 0 Å². The molecule has 0 bridgehead atoms. The highest BCUT2D eigenvalue weighted by atomic mass is 16.5. The molecule has 2 spiro atoms. The molecule has 136 valence electrons. The number of fused-ring (bicyclic) bond motifs is 3. The Balaban J connectivity index is 1.56. The molecule has 1 saturated carbocycles. The highest BCUT2D eigenvalue weighted by Gasteiger charge is 2.70. The second-order valence-corrected chi connectivity index (χ2v) is 7.91. The van der Waals surface area contributed by atoms with Crippen LogP contribution >= 0.6 is 0 Å². The van der Waals surface area contributed by atoms with Crippen LogP contribution in [0.5, 0.6) is 5.75 Å².